The first-order valence-electron chi connectivity index (χ1n) is 10.9. The number of halogens is 4. The van der Waals surface area contributed by atoms with Crippen molar-refractivity contribution < 1.29 is 22.7 Å². The second-order valence-electron chi connectivity index (χ2n) is 9.09. The van der Waals surface area contributed by atoms with Gasteiger partial charge in [-0.25, -0.2) is 9.37 Å². The predicted octanol–water partition coefficient (Wildman–Crippen LogP) is 4.14. The van der Waals surface area contributed by atoms with Crippen LogP contribution in [0.5, 0.6) is 0 Å². The molecule has 5 rings (SSSR count). The first kappa shape index (κ1) is 21.2. The van der Waals surface area contributed by atoms with Gasteiger partial charge in [0.15, 0.2) is 0 Å². The lowest BCUT2D eigenvalue weighted by atomic mass is 10.1. The number of hydrogen-bond donors (Lipinski definition) is 2. The number of rotatable bonds is 4. The Morgan fingerprint density at radius 1 is 1.06 bits per heavy atom. The smallest absolute Gasteiger partial charge is 0.388 e. The van der Waals surface area contributed by atoms with E-state index in [2.05, 4.69) is 15.3 Å². The third-order valence-corrected chi connectivity index (χ3v) is 6.76. The molecule has 3 heterocycles. The number of piperidine rings is 1. The molecule has 1 aromatic carbocycles. The lowest BCUT2D eigenvalue weighted by Gasteiger charge is -2.34. The molecule has 2 atom stereocenters. The van der Waals surface area contributed by atoms with Gasteiger partial charge >= 0.3 is 6.18 Å². The lowest BCUT2D eigenvalue weighted by Crippen LogP contribution is -2.45. The predicted molar refractivity (Wildman–Crippen MR) is 113 cm³/mol. The van der Waals surface area contributed by atoms with Crippen molar-refractivity contribution in [1.29, 1.82) is 0 Å². The number of β-amino-alcohol motifs (C(OH)–C–C–N with tert-alkyl or cyclic N) is 1. The fraction of sp³-hybridized carbons (Fsp3) is 0.545. The minimum Gasteiger partial charge on any atom is -0.388 e. The third kappa shape index (κ3) is 4.20. The minimum absolute atomic E-state index is 0.0709. The van der Waals surface area contributed by atoms with Crippen LogP contribution in [0.4, 0.5) is 40.7 Å². The van der Waals surface area contributed by atoms with E-state index in [-0.39, 0.29) is 30.1 Å². The molecule has 0 radical (unpaired) electrons. The largest absolute Gasteiger partial charge is 0.421 e. The molecule has 0 amide bonds. The molecular formula is C22H25F4N5O. The first-order valence-corrected chi connectivity index (χ1v) is 10.9. The summed E-state index contributed by atoms with van der Waals surface area (Å²) in [6, 6.07) is 7.16. The Morgan fingerprint density at radius 2 is 1.81 bits per heavy atom. The normalized spacial score (nSPS) is 24.8. The molecule has 32 heavy (non-hydrogen) atoms. The maximum absolute atomic E-state index is 13.6. The van der Waals surface area contributed by atoms with Crippen molar-refractivity contribution in [2.45, 2.75) is 44.1 Å². The van der Waals surface area contributed by atoms with Crippen molar-refractivity contribution in [2.24, 2.45) is 5.41 Å². The molecule has 0 bridgehead atoms. The highest BCUT2D eigenvalue weighted by molar-refractivity contribution is 5.61. The third-order valence-electron chi connectivity index (χ3n) is 6.76. The average Bonchev–Trinajstić information content (AvgIpc) is 3.38. The van der Waals surface area contributed by atoms with E-state index in [0.29, 0.717) is 25.3 Å². The minimum atomic E-state index is -4.52. The van der Waals surface area contributed by atoms with Gasteiger partial charge in [-0.1, -0.05) is 0 Å². The Hall–Kier alpha value is -2.62. The Kier molecular flexibility index (Phi) is 5.15. The van der Waals surface area contributed by atoms with Crippen LogP contribution < -0.4 is 15.1 Å². The molecule has 2 N–H and O–H groups in total. The van der Waals surface area contributed by atoms with E-state index in [1.54, 1.807) is 17.0 Å². The summed E-state index contributed by atoms with van der Waals surface area (Å²) in [6.07, 6.45) is -2.61. The second kappa shape index (κ2) is 7.75. The van der Waals surface area contributed by atoms with Gasteiger partial charge in [-0.05, 0) is 55.4 Å². The van der Waals surface area contributed by atoms with Crippen molar-refractivity contribution in [3.63, 3.8) is 0 Å². The molecule has 1 spiro atoms. The molecule has 3 aliphatic rings. The Bertz CT molecular complexity index is 979. The summed E-state index contributed by atoms with van der Waals surface area (Å²) < 4.78 is 54.2. The van der Waals surface area contributed by atoms with Crippen LogP contribution in [0.3, 0.4) is 0 Å². The number of hydrogen-bond acceptors (Lipinski definition) is 6. The highest BCUT2D eigenvalue weighted by Gasteiger charge is 2.49. The molecular weight excluding hydrogens is 426 g/mol. The Labute approximate surface area is 183 Å². The summed E-state index contributed by atoms with van der Waals surface area (Å²) in [5.41, 5.74) is 0.815. The highest BCUT2D eigenvalue weighted by Crippen LogP contribution is 2.54. The number of aliphatic hydroxyl groups excluding tert-OH is 1. The fourth-order valence-electron chi connectivity index (χ4n) is 4.60. The molecule has 1 saturated carbocycles. The monoisotopic (exact) mass is 451 g/mol. The summed E-state index contributed by atoms with van der Waals surface area (Å²) in [4.78, 5) is 11.8. The molecule has 1 aliphatic carbocycles. The number of aliphatic hydroxyl groups is 1. The van der Waals surface area contributed by atoms with Gasteiger partial charge in [-0.15, -0.1) is 0 Å². The quantitative estimate of drug-likeness (QED) is 0.682. The van der Waals surface area contributed by atoms with Crippen molar-refractivity contribution >= 4 is 23.1 Å². The zero-order valence-electron chi connectivity index (χ0n) is 17.4. The standard InChI is InChI=1S/C22H25F4N5O/c23-17-5-9-30(12-18(17)32)15-3-1-14(2-4-15)28-20-27-11-16(22(24,25)26)19(29-20)31-10-8-21(13-31)6-7-21/h1-4,11,17-18,32H,5-10,12-13H2,(H,27,28,29)/t17-,18-/m1/s1. The van der Waals surface area contributed by atoms with Gasteiger partial charge < -0.3 is 20.2 Å². The van der Waals surface area contributed by atoms with Gasteiger partial charge in [-0.2, -0.15) is 18.2 Å². The zero-order chi connectivity index (χ0) is 22.5. The number of nitrogens with one attached hydrogen (secondary N) is 1. The molecule has 6 nitrogen and oxygen atoms in total. The van der Waals surface area contributed by atoms with E-state index in [9.17, 15) is 22.7 Å². The van der Waals surface area contributed by atoms with Crippen LogP contribution in [-0.2, 0) is 6.18 Å². The molecule has 3 fully saturated rings. The molecule has 172 valence electrons. The second-order valence-corrected chi connectivity index (χ2v) is 9.09. The molecule has 2 saturated heterocycles. The Balaban J connectivity index is 1.33. The van der Waals surface area contributed by atoms with Crippen molar-refractivity contribution in [3.05, 3.63) is 36.0 Å². The van der Waals surface area contributed by atoms with Gasteiger partial charge in [-0.3, -0.25) is 0 Å². The van der Waals surface area contributed by atoms with E-state index < -0.39 is 24.0 Å². The number of aromatic nitrogens is 2. The SMILES string of the molecule is O[C@@H]1CN(c2ccc(Nc3ncc(C(F)(F)F)c(N4CCC5(CC5)C4)n3)cc2)CC[C@H]1F. The maximum Gasteiger partial charge on any atom is 0.421 e. The summed E-state index contributed by atoms with van der Waals surface area (Å²) in [5, 5.41) is 12.7. The maximum atomic E-state index is 13.6. The summed E-state index contributed by atoms with van der Waals surface area (Å²) in [7, 11) is 0. The van der Waals surface area contributed by atoms with Crippen LogP contribution in [0, 0.1) is 5.41 Å². The summed E-state index contributed by atoms with van der Waals surface area (Å²) >= 11 is 0. The first-order chi connectivity index (χ1) is 15.2. The average molecular weight is 451 g/mol. The van der Waals surface area contributed by atoms with Gasteiger partial charge in [0.05, 0.1) is 0 Å². The van der Waals surface area contributed by atoms with Crippen molar-refractivity contribution in [2.75, 3.05) is 41.3 Å². The summed E-state index contributed by atoms with van der Waals surface area (Å²) in [6.45, 7) is 1.89. The van der Waals surface area contributed by atoms with E-state index in [1.807, 2.05) is 17.0 Å². The van der Waals surface area contributed by atoms with Crippen LogP contribution in [0.15, 0.2) is 30.5 Å². The van der Waals surface area contributed by atoms with Crippen LogP contribution in [0.2, 0.25) is 0 Å². The summed E-state index contributed by atoms with van der Waals surface area (Å²) in [5.74, 6) is 0.0321. The van der Waals surface area contributed by atoms with Crippen molar-refractivity contribution in [1.82, 2.24) is 9.97 Å². The van der Waals surface area contributed by atoms with Gasteiger partial charge in [0, 0.05) is 43.8 Å². The highest BCUT2D eigenvalue weighted by atomic mass is 19.4. The van der Waals surface area contributed by atoms with Gasteiger partial charge in [0.2, 0.25) is 5.95 Å². The van der Waals surface area contributed by atoms with E-state index in [1.165, 1.54) is 0 Å². The molecule has 1 aromatic heterocycles. The lowest BCUT2D eigenvalue weighted by molar-refractivity contribution is -0.137. The number of nitrogens with zero attached hydrogens (tertiary/aromatic N) is 4. The molecule has 0 unspecified atom stereocenters. The number of anilines is 4. The number of alkyl halides is 4. The van der Waals surface area contributed by atoms with Crippen LogP contribution in [0.1, 0.15) is 31.2 Å². The topological polar surface area (TPSA) is 64.5 Å². The molecule has 10 heteroatoms. The molecule has 2 aromatic rings. The van der Waals surface area contributed by atoms with E-state index in [4.69, 9.17) is 0 Å². The fourth-order valence-corrected chi connectivity index (χ4v) is 4.60. The van der Waals surface area contributed by atoms with Crippen LogP contribution >= 0.6 is 0 Å². The van der Waals surface area contributed by atoms with Crippen LogP contribution in [0.25, 0.3) is 0 Å². The van der Waals surface area contributed by atoms with Crippen molar-refractivity contribution in [3.8, 4) is 0 Å². The van der Waals surface area contributed by atoms with Crippen LogP contribution in [-0.4, -0.2) is 53.5 Å². The van der Waals surface area contributed by atoms with E-state index in [0.717, 1.165) is 31.1 Å². The van der Waals surface area contributed by atoms with E-state index >= 15 is 0 Å². The molecule has 2 aliphatic heterocycles. The number of benzene rings is 1. The zero-order valence-corrected chi connectivity index (χ0v) is 17.4. The Morgan fingerprint density at radius 3 is 2.44 bits per heavy atom. The van der Waals surface area contributed by atoms with Gasteiger partial charge in [0.1, 0.15) is 23.7 Å². The van der Waals surface area contributed by atoms with Gasteiger partial charge in [0.25, 0.3) is 0 Å².